The number of aliphatic hydroxyl groups excluding tert-OH is 1. The lowest BCUT2D eigenvalue weighted by Crippen LogP contribution is -2.62. The number of hydrogen-bond donors (Lipinski definition) is 2. The second kappa shape index (κ2) is 8.41. The molecule has 0 radical (unpaired) electrons. The van der Waals surface area contributed by atoms with Crippen LogP contribution >= 0.6 is 0 Å². The Balaban J connectivity index is 2.22. The summed E-state index contributed by atoms with van der Waals surface area (Å²) in [7, 11) is 0. The Kier molecular flexibility index (Phi) is 6.18. The lowest BCUT2D eigenvalue weighted by molar-refractivity contribution is -0.184. The summed E-state index contributed by atoms with van der Waals surface area (Å²) >= 11 is 0. The van der Waals surface area contributed by atoms with Gasteiger partial charge in [0, 0.05) is 31.3 Å². The van der Waals surface area contributed by atoms with Gasteiger partial charge in [0.2, 0.25) is 5.78 Å². The molecule has 4 atom stereocenters. The number of aliphatic carboxylic acids is 1. The number of esters is 1. The fourth-order valence-corrected chi connectivity index (χ4v) is 5.04. The maximum Gasteiger partial charge on any atom is 0.338 e. The third kappa shape index (κ3) is 3.47. The number of aliphatic hydroxyl groups is 1. The van der Waals surface area contributed by atoms with E-state index in [9.17, 15) is 24.3 Å². The summed E-state index contributed by atoms with van der Waals surface area (Å²) in [5.41, 5.74) is -3.13. The van der Waals surface area contributed by atoms with Crippen LogP contribution < -0.4 is 0 Å². The average Bonchev–Trinajstić information content (AvgIpc) is 3.10. The number of cyclic esters (lactones) is 1. The second-order valence-corrected chi connectivity index (χ2v) is 8.58. The van der Waals surface area contributed by atoms with E-state index >= 15 is 0 Å². The van der Waals surface area contributed by atoms with E-state index in [1.165, 1.54) is 19.9 Å². The highest BCUT2D eigenvalue weighted by atomic mass is 16.6. The molecule has 0 aromatic carbocycles. The number of Topliss-reactive ketones (excluding diaryl/α,β-unsaturated/α-hetero) is 2. The molecule has 172 valence electrons. The number of ether oxygens (including phenoxy) is 2. The molecule has 2 aliphatic heterocycles. The number of ketones is 2. The zero-order chi connectivity index (χ0) is 23.8. The molecule has 0 bridgehead atoms. The predicted molar refractivity (Wildman–Crippen MR) is 113 cm³/mol. The maximum atomic E-state index is 13.9. The van der Waals surface area contributed by atoms with Crippen molar-refractivity contribution in [2.75, 3.05) is 0 Å². The van der Waals surface area contributed by atoms with Gasteiger partial charge < -0.3 is 19.7 Å². The summed E-state index contributed by atoms with van der Waals surface area (Å²) < 4.78 is 11.9. The lowest BCUT2D eigenvalue weighted by Gasteiger charge is -2.49. The van der Waals surface area contributed by atoms with E-state index < -0.39 is 40.8 Å². The highest BCUT2D eigenvalue weighted by molar-refractivity contribution is 6.09. The van der Waals surface area contributed by atoms with Crippen LogP contribution in [0.4, 0.5) is 0 Å². The van der Waals surface area contributed by atoms with E-state index in [0.29, 0.717) is 18.6 Å². The topological polar surface area (TPSA) is 127 Å². The lowest BCUT2D eigenvalue weighted by atomic mass is 9.59. The number of carbonyl (C=O) groups is 4. The molecule has 0 aromatic rings. The Morgan fingerprint density at radius 3 is 2.44 bits per heavy atom. The van der Waals surface area contributed by atoms with Gasteiger partial charge in [0.1, 0.15) is 17.3 Å². The number of carbonyl (C=O) groups excluding carboxylic acids is 3. The first kappa shape index (κ1) is 23.5. The number of carboxylic acid groups (broad SMARTS) is 1. The average molecular weight is 444 g/mol. The molecular formula is C24H28O8. The largest absolute Gasteiger partial charge is 0.507 e. The Morgan fingerprint density at radius 1 is 1.22 bits per heavy atom. The van der Waals surface area contributed by atoms with Crippen LogP contribution in [0.1, 0.15) is 53.4 Å². The quantitative estimate of drug-likeness (QED) is 0.363. The molecule has 3 aliphatic rings. The second-order valence-electron chi connectivity index (χ2n) is 8.58. The number of hydrogen-bond acceptors (Lipinski definition) is 7. The van der Waals surface area contributed by atoms with Crippen molar-refractivity contribution in [1.29, 1.82) is 0 Å². The molecule has 1 saturated carbocycles. The van der Waals surface area contributed by atoms with Gasteiger partial charge >= 0.3 is 11.9 Å². The molecule has 8 nitrogen and oxygen atoms in total. The highest BCUT2D eigenvalue weighted by Crippen LogP contribution is 2.55. The fourth-order valence-electron chi connectivity index (χ4n) is 5.04. The van der Waals surface area contributed by atoms with E-state index in [1.807, 2.05) is 6.92 Å². The van der Waals surface area contributed by atoms with Crippen LogP contribution in [0, 0.1) is 11.8 Å². The summed E-state index contributed by atoms with van der Waals surface area (Å²) in [5, 5.41) is 19.9. The predicted octanol–water partition coefficient (Wildman–Crippen LogP) is 3.34. The SMILES string of the molecule is CC=CC1CC(=O)CC(C2(C)OC(=O)C(C)=C2O)C12OC(CCC)=C(C=CC(=O)O)C2=O. The smallest absolute Gasteiger partial charge is 0.338 e. The molecule has 4 unspecified atom stereocenters. The minimum atomic E-state index is -1.64. The first-order chi connectivity index (χ1) is 15.0. The van der Waals surface area contributed by atoms with Crippen molar-refractivity contribution >= 4 is 23.5 Å². The van der Waals surface area contributed by atoms with Crippen LogP contribution in [0.2, 0.25) is 0 Å². The maximum absolute atomic E-state index is 13.9. The van der Waals surface area contributed by atoms with Gasteiger partial charge in [0.05, 0.1) is 17.1 Å². The molecule has 0 amide bonds. The van der Waals surface area contributed by atoms with Crippen molar-refractivity contribution in [3.05, 3.63) is 47.0 Å². The van der Waals surface area contributed by atoms with E-state index in [4.69, 9.17) is 14.6 Å². The Morgan fingerprint density at radius 2 is 1.91 bits per heavy atom. The summed E-state index contributed by atoms with van der Waals surface area (Å²) in [6.45, 7) is 6.55. The van der Waals surface area contributed by atoms with Crippen molar-refractivity contribution < 1.29 is 38.9 Å². The molecule has 0 saturated heterocycles. The molecule has 1 fully saturated rings. The monoisotopic (exact) mass is 444 g/mol. The van der Waals surface area contributed by atoms with Crippen LogP contribution in [-0.2, 0) is 28.7 Å². The van der Waals surface area contributed by atoms with Gasteiger partial charge in [-0.3, -0.25) is 9.59 Å². The van der Waals surface area contributed by atoms with Gasteiger partial charge in [-0.25, -0.2) is 9.59 Å². The Labute approximate surface area is 186 Å². The zero-order valence-electron chi connectivity index (χ0n) is 18.6. The molecule has 2 heterocycles. The van der Waals surface area contributed by atoms with Crippen molar-refractivity contribution in [1.82, 2.24) is 0 Å². The molecule has 1 aliphatic carbocycles. The molecule has 2 N–H and O–H groups in total. The molecule has 0 aromatic heterocycles. The Bertz CT molecular complexity index is 997. The summed E-state index contributed by atoms with van der Waals surface area (Å²) in [6.07, 6.45) is 6.43. The summed E-state index contributed by atoms with van der Waals surface area (Å²) in [5.74, 6) is -4.25. The minimum absolute atomic E-state index is 0.0152. The Hall–Kier alpha value is -3.16. The number of allylic oxidation sites excluding steroid dienone is 3. The first-order valence-electron chi connectivity index (χ1n) is 10.7. The fraction of sp³-hybridized carbons (Fsp3) is 0.500. The molecule has 3 rings (SSSR count). The number of rotatable bonds is 6. The van der Waals surface area contributed by atoms with E-state index in [0.717, 1.165) is 6.08 Å². The summed E-state index contributed by atoms with van der Waals surface area (Å²) in [4.78, 5) is 50.1. The van der Waals surface area contributed by atoms with Gasteiger partial charge in [0.25, 0.3) is 0 Å². The normalized spacial score (nSPS) is 33.2. The third-order valence-corrected chi connectivity index (χ3v) is 6.54. The highest BCUT2D eigenvalue weighted by Gasteiger charge is 2.68. The zero-order valence-corrected chi connectivity index (χ0v) is 18.6. The molecule has 8 heteroatoms. The van der Waals surface area contributed by atoms with Crippen LogP contribution in [0.3, 0.4) is 0 Å². The standard InChI is InChI=1S/C24H28O8/c1-5-7-14-11-15(25)12-18(23(4)20(28)13(3)22(30)32-23)24(14)21(29)16(9-10-19(26)27)17(31-24)8-6-2/h5,7,9-10,14,18,28H,6,8,11-12H2,1-4H3,(H,26,27). The van der Waals surface area contributed by atoms with E-state index in [1.54, 1.807) is 19.1 Å². The van der Waals surface area contributed by atoms with Gasteiger partial charge in [-0.2, -0.15) is 0 Å². The van der Waals surface area contributed by atoms with Gasteiger partial charge in [-0.05, 0) is 33.3 Å². The van der Waals surface area contributed by atoms with Crippen molar-refractivity contribution in [2.45, 2.75) is 64.6 Å². The number of carboxylic acids is 1. The van der Waals surface area contributed by atoms with Gasteiger partial charge in [-0.15, -0.1) is 0 Å². The third-order valence-electron chi connectivity index (χ3n) is 6.54. The van der Waals surface area contributed by atoms with E-state index in [2.05, 4.69) is 0 Å². The van der Waals surface area contributed by atoms with Gasteiger partial charge in [0.15, 0.2) is 11.2 Å². The minimum Gasteiger partial charge on any atom is -0.507 e. The van der Waals surface area contributed by atoms with Crippen molar-refractivity contribution in [2.24, 2.45) is 11.8 Å². The molecule has 1 spiro atoms. The molecular weight excluding hydrogens is 416 g/mol. The van der Waals surface area contributed by atoms with Crippen LogP contribution in [0.25, 0.3) is 0 Å². The van der Waals surface area contributed by atoms with Crippen LogP contribution in [0.15, 0.2) is 47.0 Å². The van der Waals surface area contributed by atoms with Gasteiger partial charge in [-0.1, -0.05) is 19.1 Å². The van der Waals surface area contributed by atoms with Crippen LogP contribution in [0.5, 0.6) is 0 Å². The first-order valence-corrected chi connectivity index (χ1v) is 10.7. The van der Waals surface area contributed by atoms with Crippen molar-refractivity contribution in [3.8, 4) is 0 Å². The molecule has 32 heavy (non-hydrogen) atoms. The van der Waals surface area contributed by atoms with Crippen LogP contribution in [-0.4, -0.2) is 44.9 Å². The summed E-state index contributed by atoms with van der Waals surface area (Å²) in [6, 6.07) is 0. The van der Waals surface area contributed by atoms with E-state index in [-0.39, 0.29) is 35.5 Å². The van der Waals surface area contributed by atoms with Crippen molar-refractivity contribution in [3.63, 3.8) is 0 Å².